The van der Waals surface area contributed by atoms with E-state index in [1.165, 1.54) is 17.0 Å². The molecule has 3 N–H and O–H groups in total. The Morgan fingerprint density at radius 3 is 2.14 bits per heavy atom. The second kappa shape index (κ2) is 5.66. The standard InChI is InChI=1S/C16H16N2O3/c1-10-3-4-12(9-14(10)17)15(19)18(2)13-7-5-11(6-8-13)16(20)21/h3-9H,17H2,1-2H3,(H,20,21). The molecule has 0 saturated carbocycles. The van der Waals surface area contributed by atoms with Crippen molar-refractivity contribution in [3.63, 3.8) is 0 Å². The zero-order valence-corrected chi connectivity index (χ0v) is 11.8. The highest BCUT2D eigenvalue weighted by atomic mass is 16.4. The quantitative estimate of drug-likeness (QED) is 0.848. The first-order valence-electron chi connectivity index (χ1n) is 6.37. The Morgan fingerprint density at radius 2 is 1.62 bits per heavy atom. The topological polar surface area (TPSA) is 83.6 Å². The lowest BCUT2D eigenvalue weighted by Crippen LogP contribution is -2.26. The van der Waals surface area contributed by atoms with E-state index >= 15 is 0 Å². The van der Waals surface area contributed by atoms with Crippen molar-refractivity contribution >= 4 is 23.3 Å². The molecule has 0 radical (unpaired) electrons. The fourth-order valence-electron chi connectivity index (χ4n) is 1.91. The SMILES string of the molecule is Cc1ccc(C(=O)N(C)c2ccc(C(=O)O)cc2)cc1N. The van der Waals surface area contributed by atoms with E-state index in [1.54, 1.807) is 37.4 Å². The largest absolute Gasteiger partial charge is 0.478 e. The first kappa shape index (κ1) is 14.6. The van der Waals surface area contributed by atoms with Crippen molar-refractivity contribution in [3.8, 4) is 0 Å². The number of nitrogen functional groups attached to an aromatic ring is 1. The Hall–Kier alpha value is -2.82. The normalized spacial score (nSPS) is 10.2. The second-order valence-corrected chi connectivity index (χ2v) is 4.79. The summed E-state index contributed by atoms with van der Waals surface area (Å²) in [4.78, 5) is 24.6. The highest BCUT2D eigenvalue weighted by Crippen LogP contribution is 2.19. The first-order chi connectivity index (χ1) is 9.90. The molecule has 0 bridgehead atoms. The lowest BCUT2D eigenvalue weighted by atomic mass is 10.1. The number of benzene rings is 2. The van der Waals surface area contributed by atoms with Gasteiger partial charge >= 0.3 is 5.97 Å². The third-order valence-electron chi connectivity index (χ3n) is 3.33. The summed E-state index contributed by atoms with van der Waals surface area (Å²) >= 11 is 0. The highest BCUT2D eigenvalue weighted by Gasteiger charge is 2.14. The molecule has 0 aromatic heterocycles. The van der Waals surface area contributed by atoms with Crippen LogP contribution in [0.15, 0.2) is 42.5 Å². The van der Waals surface area contributed by atoms with Crippen LogP contribution in [0.2, 0.25) is 0 Å². The van der Waals surface area contributed by atoms with E-state index in [1.807, 2.05) is 6.92 Å². The molecule has 0 saturated heterocycles. The van der Waals surface area contributed by atoms with Crippen molar-refractivity contribution in [2.45, 2.75) is 6.92 Å². The van der Waals surface area contributed by atoms with Gasteiger partial charge < -0.3 is 15.7 Å². The summed E-state index contributed by atoms with van der Waals surface area (Å²) in [6.45, 7) is 1.87. The minimum Gasteiger partial charge on any atom is -0.478 e. The van der Waals surface area contributed by atoms with E-state index < -0.39 is 5.97 Å². The third kappa shape index (κ3) is 3.02. The van der Waals surface area contributed by atoms with Crippen LogP contribution in [0.5, 0.6) is 0 Å². The number of nitrogens with zero attached hydrogens (tertiary/aromatic N) is 1. The number of hydrogen-bond acceptors (Lipinski definition) is 3. The van der Waals surface area contributed by atoms with E-state index in [9.17, 15) is 9.59 Å². The van der Waals surface area contributed by atoms with E-state index in [-0.39, 0.29) is 11.5 Å². The van der Waals surface area contributed by atoms with Crippen molar-refractivity contribution in [1.29, 1.82) is 0 Å². The number of aromatic carboxylic acids is 1. The van der Waals surface area contributed by atoms with Crippen LogP contribution in [0, 0.1) is 6.92 Å². The molecule has 0 aliphatic rings. The van der Waals surface area contributed by atoms with Crippen LogP contribution in [0.3, 0.4) is 0 Å². The number of anilines is 2. The van der Waals surface area contributed by atoms with E-state index in [0.29, 0.717) is 16.9 Å². The second-order valence-electron chi connectivity index (χ2n) is 4.79. The maximum atomic E-state index is 12.4. The van der Waals surface area contributed by atoms with Crippen LogP contribution < -0.4 is 10.6 Å². The fourth-order valence-corrected chi connectivity index (χ4v) is 1.91. The lowest BCUT2D eigenvalue weighted by Gasteiger charge is -2.18. The number of carboxylic acid groups (broad SMARTS) is 1. The number of hydrogen-bond donors (Lipinski definition) is 2. The van der Waals surface area contributed by atoms with Gasteiger partial charge in [0, 0.05) is 24.0 Å². The number of nitrogens with two attached hydrogens (primary N) is 1. The first-order valence-corrected chi connectivity index (χ1v) is 6.37. The smallest absolute Gasteiger partial charge is 0.335 e. The summed E-state index contributed by atoms with van der Waals surface area (Å²) in [5.74, 6) is -1.20. The molecule has 0 heterocycles. The van der Waals surface area contributed by atoms with Crippen LogP contribution in [-0.2, 0) is 0 Å². The van der Waals surface area contributed by atoms with Gasteiger partial charge in [0.1, 0.15) is 0 Å². The molecule has 5 nitrogen and oxygen atoms in total. The molecule has 0 atom stereocenters. The fraction of sp³-hybridized carbons (Fsp3) is 0.125. The molecule has 21 heavy (non-hydrogen) atoms. The third-order valence-corrected chi connectivity index (χ3v) is 3.33. The summed E-state index contributed by atoms with van der Waals surface area (Å²) in [5, 5.41) is 8.86. The minimum atomic E-state index is -0.998. The van der Waals surface area contributed by atoms with Crippen LogP contribution >= 0.6 is 0 Å². The number of carbonyl (C=O) groups excluding carboxylic acids is 1. The molecule has 108 valence electrons. The van der Waals surface area contributed by atoms with E-state index in [4.69, 9.17) is 10.8 Å². The Labute approximate surface area is 122 Å². The minimum absolute atomic E-state index is 0.180. The van der Waals surface area contributed by atoms with Crippen LogP contribution in [-0.4, -0.2) is 24.0 Å². The summed E-state index contributed by atoms with van der Waals surface area (Å²) in [7, 11) is 1.63. The maximum Gasteiger partial charge on any atom is 0.335 e. The van der Waals surface area contributed by atoms with Crippen molar-refractivity contribution in [1.82, 2.24) is 0 Å². The average Bonchev–Trinajstić information content (AvgIpc) is 2.48. The average molecular weight is 284 g/mol. The number of amides is 1. The molecule has 2 aromatic carbocycles. The zero-order chi connectivity index (χ0) is 15.6. The molecule has 1 amide bonds. The van der Waals surface area contributed by atoms with Crippen LogP contribution in [0.25, 0.3) is 0 Å². The van der Waals surface area contributed by atoms with Gasteiger partial charge in [-0.25, -0.2) is 4.79 Å². The predicted octanol–water partition coefficient (Wildman–Crippen LogP) is 2.55. The molecule has 2 aromatic rings. The van der Waals surface area contributed by atoms with Gasteiger partial charge in [-0.15, -0.1) is 0 Å². The highest BCUT2D eigenvalue weighted by molar-refractivity contribution is 6.06. The van der Waals surface area contributed by atoms with Gasteiger partial charge in [0.25, 0.3) is 5.91 Å². The molecule has 0 aliphatic carbocycles. The maximum absolute atomic E-state index is 12.4. The molecule has 0 spiro atoms. The number of rotatable bonds is 3. The molecule has 5 heteroatoms. The van der Waals surface area contributed by atoms with Gasteiger partial charge in [0.05, 0.1) is 5.56 Å². The van der Waals surface area contributed by atoms with E-state index in [0.717, 1.165) is 5.56 Å². The summed E-state index contributed by atoms with van der Waals surface area (Å²) in [6, 6.07) is 11.3. The molecule has 0 unspecified atom stereocenters. The Morgan fingerprint density at radius 1 is 1.05 bits per heavy atom. The number of aryl methyl sites for hydroxylation is 1. The number of carbonyl (C=O) groups is 2. The molecular weight excluding hydrogens is 268 g/mol. The molecule has 0 fully saturated rings. The van der Waals surface area contributed by atoms with Crippen LogP contribution in [0.1, 0.15) is 26.3 Å². The molecule has 2 rings (SSSR count). The Kier molecular flexibility index (Phi) is 3.93. The van der Waals surface area contributed by atoms with Gasteiger partial charge in [-0.2, -0.15) is 0 Å². The molecular formula is C16H16N2O3. The zero-order valence-electron chi connectivity index (χ0n) is 11.8. The van der Waals surface area contributed by atoms with Crippen molar-refractivity contribution in [2.24, 2.45) is 0 Å². The van der Waals surface area contributed by atoms with Gasteiger partial charge in [0.15, 0.2) is 0 Å². The summed E-state index contributed by atoms with van der Waals surface area (Å²) in [5.41, 5.74) is 8.58. The predicted molar refractivity (Wildman–Crippen MR) is 81.7 cm³/mol. The monoisotopic (exact) mass is 284 g/mol. The Bertz CT molecular complexity index is 693. The van der Waals surface area contributed by atoms with Crippen molar-refractivity contribution in [2.75, 3.05) is 17.7 Å². The lowest BCUT2D eigenvalue weighted by molar-refractivity contribution is 0.0696. The molecule has 0 aliphatic heterocycles. The van der Waals surface area contributed by atoms with Gasteiger partial charge in [0.2, 0.25) is 0 Å². The number of carboxylic acids is 1. The van der Waals surface area contributed by atoms with Crippen molar-refractivity contribution < 1.29 is 14.7 Å². The van der Waals surface area contributed by atoms with E-state index in [2.05, 4.69) is 0 Å². The van der Waals surface area contributed by atoms with Crippen molar-refractivity contribution in [3.05, 3.63) is 59.2 Å². The van der Waals surface area contributed by atoms with Gasteiger partial charge in [-0.1, -0.05) is 6.07 Å². The summed E-state index contributed by atoms with van der Waals surface area (Å²) in [6.07, 6.45) is 0. The van der Waals surface area contributed by atoms with Crippen LogP contribution in [0.4, 0.5) is 11.4 Å². The van der Waals surface area contributed by atoms with Gasteiger partial charge in [-0.05, 0) is 48.9 Å². The van der Waals surface area contributed by atoms with Gasteiger partial charge in [-0.3, -0.25) is 4.79 Å². The Balaban J connectivity index is 2.25. The summed E-state index contributed by atoms with van der Waals surface area (Å²) < 4.78 is 0.